The van der Waals surface area contributed by atoms with Crippen molar-refractivity contribution in [2.75, 3.05) is 6.54 Å². The number of amides is 3. The molecule has 0 aromatic rings. The molecule has 8 heteroatoms. The van der Waals surface area contributed by atoms with Crippen LogP contribution in [0.5, 0.6) is 0 Å². The highest BCUT2D eigenvalue weighted by atomic mass is 16.4. The summed E-state index contributed by atoms with van der Waals surface area (Å²) in [5.74, 6) is -3.60. The van der Waals surface area contributed by atoms with E-state index in [2.05, 4.69) is 5.32 Å². The number of aliphatic carboxylic acids is 1. The fourth-order valence-corrected chi connectivity index (χ4v) is 5.04. The first-order valence-electron chi connectivity index (χ1n) is 9.30. The van der Waals surface area contributed by atoms with Crippen molar-refractivity contribution in [3.63, 3.8) is 0 Å². The van der Waals surface area contributed by atoms with Crippen molar-refractivity contribution in [2.24, 2.45) is 28.6 Å². The predicted octanol–water partition coefficient (Wildman–Crippen LogP) is 0.620. The number of imide groups is 1. The minimum absolute atomic E-state index is 0.0320. The van der Waals surface area contributed by atoms with Gasteiger partial charge in [-0.1, -0.05) is 20.8 Å². The molecule has 0 aromatic heterocycles. The zero-order chi connectivity index (χ0) is 19.4. The Balaban J connectivity index is 1.85. The van der Waals surface area contributed by atoms with E-state index in [1.54, 1.807) is 20.8 Å². The van der Waals surface area contributed by atoms with Gasteiger partial charge in [0.05, 0.1) is 0 Å². The second-order valence-corrected chi connectivity index (χ2v) is 9.45. The van der Waals surface area contributed by atoms with Crippen LogP contribution in [0, 0.1) is 28.6 Å². The molecular weight excluding hydrogens is 335 g/mol. The topological polar surface area (TPSA) is 104 Å². The van der Waals surface area contributed by atoms with Crippen molar-refractivity contribution in [1.82, 2.24) is 10.2 Å². The van der Waals surface area contributed by atoms with E-state index < -0.39 is 41.0 Å². The predicted molar refractivity (Wildman–Crippen MR) is 96.0 cm³/mol. The number of nitrogens with zero attached hydrogens (tertiary/aromatic N) is 1. The van der Waals surface area contributed by atoms with Gasteiger partial charge in [0.15, 0.2) is 5.81 Å². The van der Waals surface area contributed by atoms with Crippen LogP contribution in [-0.4, -0.2) is 54.0 Å². The number of likely N-dealkylation sites (tertiary alicyclic amines) is 1. The number of hydrogen-bond acceptors (Lipinski definition) is 4. The van der Waals surface area contributed by atoms with Gasteiger partial charge in [0.1, 0.15) is 12.0 Å². The zero-order valence-electron chi connectivity index (χ0n) is 15.9. The van der Waals surface area contributed by atoms with Gasteiger partial charge in [-0.05, 0) is 48.3 Å². The van der Waals surface area contributed by atoms with Gasteiger partial charge in [-0.2, -0.15) is 0 Å². The fourth-order valence-electron chi connectivity index (χ4n) is 5.04. The van der Waals surface area contributed by atoms with Gasteiger partial charge >= 0.3 is 5.97 Å². The number of carbonyl (C=O) groups is 4. The summed E-state index contributed by atoms with van der Waals surface area (Å²) in [4.78, 5) is 50.4. The molecule has 3 amide bonds. The van der Waals surface area contributed by atoms with Crippen molar-refractivity contribution in [2.45, 2.75) is 52.5 Å². The van der Waals surface area contributed by atoms with Crippen LogP contribution in [0.4, 0.5) is 4.79 Å². The number of carboxylic acids is 1. The maximum absolute atomic E-state index is 13.2. The summed E-state index contributed by atoms with van der Waals surface area (Å²) >= 11 is 0. The third kappa shape index (κ3) is 3.26. The molecular formula is C18H27BN2O5. The molecule has 1 spiro atoms. The van der Waals surface area contributed by atoms with Crippen LogP contribution in [0.25, 0.3) is 0 Å². The fraction of sp³-hybridized carbons (Fsp3) is 0.778. The molecule has 0 aromatic carbocycles. The van der Waals surface area contributed by atoms with Crippen molar-refractivity contribution in [3.05, 3.63) is 0 Å². The molecule has 0 bridgehead atoms. The second-order valence-electron chi connectivity index (χ2n) is 9.45. The number of fused-ring (bicyclic) bond motifs is 1. The van der Waals surface area contributed by atoms with Crippen LogP contribution in [0.2, 0.25) is 0 Å². The van der Waals surface area contributed by atoms with E-state index in [0.29, 0.717) is 12.0 Å². The molecule has 26 heavy (non-hydrogen) atoms. The Morgan fingerprint density at radius 3 is 2.27 bits per heavy atom. The van der Waals surface area contributed by atoms with Crippen molar-refractivity contribution in [3.8, 4) is 0 Å². The van der Waals surface area contributed by atoms with Crippen molar-refractivity contribution < 1.29 is 24.3 Å². The normalized spacial score (nSPS) is 30.0. The molecule has 3 rings (SSSR count). The average molecular weight is 362 g/mol. The van der Waals surface area contributed by atoms with E-state index >= 15 is 0 Å². The first kappa shape index (κ1) is 18.9. The van der Waals surface area contributed by atoms with Crippen LogP contribution in [0.15, 0.2) is 0 Å². The molecule has 0 radical (unpaired) electrons. The number of rotatable bonds is 3. The second kappa shape index (κ2) is 6.10. The lowest BCUT2D eigenvalue weighted by Crippen LogP contribution is -2.53. The first-order valence-corrected chi connectivity index (χ1v) is 9.30. The largest absolute Gasteiger partial charge is 0.480 e. The van der Waals surface area contributed by atoms with Gasteiger partial charge in [-0.3, -0.25) is 14.4 Å². The minimum atomic E-state index is -1.10. The smallest absolute Gasteiger partial charge is 0.326 e. The quantitative estimate of drug-likeness (QED) is 0.566. The number of carboxylic acid groups (broad SMARTS) is 1. The zero-order valence-corrected chi connectivity index (χ0v) is 15.9. The molecule has 2 aliphatic carbocycles. The molecule has 7 nitrogen and oxygen atoms in total. The Hall–Kier alpha value is -1.86. The van der Waals surface area contributed by atoms with Crippen LogP contribution in [0.3, 0.4) is 0 Å². The SMILES string of the molecule is BC(=O)NC(=O)[C@H](C(=O)N1CC2CC3(CC3)C[C@@H]2[C@H]1C(=O)O)C(C)(C)C. The van der Waals surface area contributed by atoms with Crippen LogP contribution < -0.4 is 5.32 Å². The summed E-state index contributed by atoms with van der Waals surface area (Å²) in [6.07, 6.45) is 4.15. The molecule has 1 saturated heterocycles. The van der Waals surface area contributed by atoms with Gasteiger partial charge in [0, 0.05) is 6.54 Å². The van der Waals surface area contributed by atoms with Crippen molar-refractivity contribution >= 4 is 31.4 Å². The summed E-state index contributed by atoms with van der Waals surface area (Å²) in [5, 5.41) is 12.0. The lowest BCUT2D eigenvalue weighted by atomic mass is 9.78. The van der Waals surface area contributed by atoms with Crippen molar-refractivity contribution in [1.29, 1.82) is 0 Å². The Morgan fingerprint density at radius 2 is 1.81 bits per heavy atom. The Morgan fingerprint density at radius 1 is 1.19 bits per heavy atom. The van der Waals surface area contributed by atoms with E-state index in [4.69, 9.17) is 0 Å². The number of hydrogen-bond donors (Lipinski definition) is 2. The molecule has 2 saturated carbocycles. The molecule has 3 aliphatic rings. The van der Waals surface area contributed by atoms with Gasteiger partial charge < -0.3 is 15.3 Å². The number of nitrogens with one attached hydrogen (secondary N) is 1. The Kier molecular flexibility index (Phi) is 4.44. The van der Waals surface area contributed by atoms with Gasteiger partial charge in [0.2, 0.25) is 19.7 Å². The summed E-state index contributed by atoms with van der Waals surface area (Å²) in [7, 11) is 1.22. The van der Waals surface area contributed by atoms with E-state index in [0.717, 1.165) is 25.7 Å². The maximum Gasteiger partial charge on any atom is 0.326 e. The minimum Gasteiger partial charge on any atom is -0.480 e. The molecule has 142 valence electrons. The summed E-state index contributed by atoms with van der Waals surface area (Å²) in [5.41, 5.74) is -0.414. The number of carbonyl (C=O) groups excluding carboxylic acids is 3. The van der Waals surface area contributed by atoms with E-state index in [9.17, 15) is 24.3 Å². The summed E-state index contributed by atoms with van der Waals surface area (Å²) < 4.78 is 0. The maximum atomic E-state index is 13.2. The van der Waals surface area contributed by atoms with E-state index in [-0.39, 0.29) is 11.8 Å². The molecule has 2 N–H and O–H groups in total. The highest BCUT2D eigenvalue weighted by molar-refractivity contribution is 6.58. The Bertz CT molecular complexity index is 667. The van der Waals surface area contributed by atoms with E-state index in [1.807, 2.05) is 0 Å². The van der Waals surface area contributed by atoms with Gasteiger partial charge in [-0.15, -0.1) is 0 Å². The molecule has 1 unspecified atom stereocenters. The summed E-state index contributed by atoms with van der Waals surface area (Å²) in [6.45, 7) is 5.64. The lowest BCUT2D eigenvalue weighted by molar-refractivity contribution is -0.155. The Labute approximate surface area is 154 Å². The molecule has 4 atom stereocenters. The monoisotopic (exact) mass is 362 g/mol. The highest BCUT2D eigenvalue weighted by Gasteiger charge is 2.61. The van der Waals surface area contributed by atoms with Crippen LogP contribution in [0.1, 0.15) is 46.5 Å². The average Bonchev–Trinajstić information content (AvgIpc) is 2.95. The third-order valence-corrected chi connectivity index (χ3v) is 6.31. The summed E-state index contributed by atoms with van der Waals surface area (Å²) in [6, 6.07) is -0.873. The highest BCUT2D eigenvalue weighted by Crippen LogP contribution is 2.64. The molecule has 1 aliphatic heterocycles. The first-order chi connectivity index (χ1) is 11.9. The van der Waals surface area contributed by atoms with E-state index in [1.165, 1.54) is 12.7 Å². The third-order valence-electron chi connectivity index (χ3n) is 6.31. The van der Waals surface area contributed by atoms with Crippen LogP contribution >= 0.6 is 0 Å². The molecule has 3 fully saturated rings. The van der Waals surface area contributed by atoms with Crippen LogP contribution in [-0.2, 0) is 14.4 Å². The van der Waals surface area contributed by atoms with Gasteiger partial charge in [-0.25, -0.2) is 4.79 Å². The standard InChI is InChI=1S/C18H27BN2O5/c1-17(2,3)11(13(22)20-16(19)26)14(23)21-8-9-6-18(4-5-18)7-10(9)12(21)15(24)25/h9-12H,4-8,19H2,1-3H3,(H,24,25)(H,20,22,26)/t9?,10-,11+,12-/m0/s1. The van der Waals surface area contributed by atoms with Gasteiger partial charge in [0.25, 0.3) is 0 Å². The lowest BCUT2D eigenvalue weighted by Gasteiger charge is -2.34. The molecule has 1 heterocycles.